The van der Waals surface area contributed by atoms with Gasteiger partial charge in [-0.3, -0.25) is 0 Å². The summed E-state index contributed by atoms with van der Waals surface area (Å²) in [6.45, 7) is 4.88. The van der Waals surface area contributed by atoms with Crippen LogP contribution >= 0.6 is 0 Å². The van der Waals surface area contributed by atoms with Gasteiger partial charge in [0, 0.05) is 31.6 Å². The predicted octanol–water partition coefficient (Wildman–Crippen LogP) is 5.71. The summed E-state index contributed by atoms with van der Waals surface area (Å²) >= 11 is 0. The molecule has 3 aliphatic carbocycles. The predicted molar refractivity (Wildman–Crippen MR) is 162 cm³/mol. The first-order valence-electron chi connectivity index (χ1n) is 15.7. The Morgan fingerprint density at radius 1 is 0.974 bits per heavy atom. The van der Waals surface area contributed by atoms with Gasteiger partial charge in [-0.1, -0.05) is 66.2 Å². The third-order valence-electron chi connectivity index (χ3n) is 10.1. The van der Waals surface area contributed by atoms with E-state index in [1.54, 1.807) is 22.3 Å². The summed E-state index contributed by atoms with van der Waals surface area (Å²) in [5.41, 5.74) is 18.7. The number of hydrogen-bond acceptors (Lipinski definition) is 4. The molecule has 6 atom stereocenters. The summed E-state index contributed by atoms with van der Waals surface area (Å²) in [6.07, 6.45) is 32.9. The molecule has 38 heavy (non-hydrogen) atoms. The number of nitrogens with two attached hydrogens (primary N) is 2. The lowest BCUT2D eigenvalue weighted by atomic mass is 9.64. The quantitative estimate of drug-likeness (QED) is 0.198. The molecule has 0 amide bonds. The largest absolute Gasteiger partial charge is 0.330 e. The van der Waals surface area contributed by atoms with Gasteiger partial charge < -0.3 is 22.1 Å². The SMILES string of the molecule is NCCCCC/C=C/CC(CN)C1CCC(C2CC=C(C3CNC(C4=CCNC4)C3)CC2)=C2C=CC=CC21. The Labute approximate surface area is 231 Å². The summed E-state index contributed by atoms with van der Waals surface area (Å²) in [5.74, 6) is 3.25. The van der Waals surface area contributed by atoms with Crippen molar-refractivity contribution < 1.29 is 0 Å². The summed E-state index contributed by atoms with van der Waals surface area (Å²) in [7, 11) is 0. The second-order valence-electron chi connectivity index (χ2n) is 12.3. The Bertz CT molecular complexity index is 967. The molecule has 0 radical (unpaired) electrons. The van der Waals surface area contributed by atoms with Crippen LogP contribution in [0.2, 0.25) is 0 Å². The molecule has 5 aliphatic rings. The Morgan fingerprint density at radius 2 is 1.92 bits per heavy atom. The van der Waals surface area contributed by atoms with Gasteiger partial charge in [-0.05, 0) is 112 Å². The molecule has 5 rings (SSSR count). The van der Waals surface area contributed by atoms with Gasteiger partial charge in [0.05, 0.1) is 0 Å². The Hall–Kier alpha value is -1.72. The van der Waals surface area contributed by atoms with Crippen molar-refractivity contribution in [1.82, 2.24) is 10.6 Å². The Kier molecular flexibility index (Phi) is 10.3. The lowest BCUT2D eigenvalue weighted by Gasteiger charge is -2.41. The number of unbranched alkanes of at least 4 members (excludes halogenated alkanes) is 3. The fraction of sp³-hybridized carbons (Fsp3) is 0.647. The maximum atomic E-state index is 6.38. The summed E-state index contributed by atoms with van der Waals surface area (Å²) in [6, 6.07) is 0.593. The zero-order valence-electron chi connectivity index (χ0n) is 23.6. The number of fused-ring (bicyclic) bond motifs is 1. The molecule has 2 heterocycles. The maximum Gasteiger partial charge on any atom is 0.0298 e. The summed E-state index contributed by atoms with van der Waals surface area (Å²) < 4.78 is 0. The molecule has 0 saturated carbocycles. The molecule has 1 fully saturated rings. The number of rotatable bonds is 12. The number of allylic oxidation sites excluding steroid dienone is 9. The van der Waals surface area contributed by atoms with Crippen molar-refractivity contribution >= 4 is 0 Å². The highest BCUT2D eigenvalue weighted by Gasteiger charge is 2.37. The lowest BCUT2D eigenvalue weighted by Crippen LogP contribution is -2.33. The zero-order chi connectivity index (χ0) is 26.2. The molecule has 0 aromatic rings. The van der Waals surface area contributed by atoms with E-state index in [0.717, 1.165) is 57.4 Å². The van der Waals surface area contributed by atoms with Gasteiger partial charge in [0.2, 0.25) is 0 Å². The molecule has 0 aromatic carbocycles. The molecule has 2 aliphatic heterocycles. The van der Waals surface area contributed by atoms with Crippen LogP contribution in [0.15, 0.2) is 70.9 Å². The third kappa shape index (κ3) is 6.70. The molecule has 0 aromatic heterocycles. The molecular formula is C34H52N4. The second-order valence-corrected chi connectivity index (χ2v) is 12.3. The first kappa shape index (κ1) is 27.8. The minimum Gasteiger partial charge on any atom is -0.330 e. The summed E-state index contributed by atoms with van der Waals surface area (Å²) in [5, 5.41) is 7.28. The van der Waals surface area contributed by atoms with E-state index < -0.39 is 0 Å². The Balaban J connectivity index is 1.19. The van der Waals surface area contributed by atoms with Gasteiger partial charge in [-0.25, -0.2) is 0 Å². The van der Waals surface area contributed by atoms with E-state index in [2.05, 4.69) is 59.2 Å². The smallest absolute Gasteiger partial charge is 0.0298 e. The molecule has 0 spiro atoms. The van der Waals surface area contributed by atoms with E-state index >= 15 is 0 Å². The molecule has 0 bridgehead atoms. The van der Waals surface area contributed by atoms with Crippen LogP contribution in [-0.4, -0.2) is 38.8 Å². The van der Waals surface area contributed by atoms with Gasteiger partial charge in [0.25, 0.3) is 0 Å². The van der Waals surface area contributed by atoms with E-state index in [1.807, 2.05) is 0 Å². The first-order chi connectivity index (χ1) is 18.8. The van der Waals surface area contributed by atoms with Gasteiger partial charge >= 0.3 is 0 Å². The normalized spacial score (nSPS) is 32.1. The van der Waals surface area contributed by atoms with Crippen molar-refractivity contribution in [3.05, 3.63) is 70.9 Å². The van der Waals surface area contributed by atoms with Crippen molar-refractivity contribution in [3.8, 4) is 0 Å². The lowest BCUT2D eigenvalue weighted by molar-refractivity contribution is 0.253. The number of nitrogens with one attached hydrogen (secondary N) is 2. The van der Waals surface area contributed by atoms with Gasteiger partial charge in [0.1, 0.15) is 0 Å². The monoisotopic (exact) mass is 516 g/mol. The van der Waals surface area contributed by atoms with Crippen LogP contribution in [0.3, 0.4) is 0 Å². The molecule has 208 valence electrons. The number of hydrogen-bond donors (Lipinski definition) is 4. The zero-order valence-corrected chi connectivity index (χ0v) is 23.6. The molecular weight excluding hydrogens is 464 g/mol. The molecule has 6 unspecified atom stereocenters. The van der Waals surface area contributed by atoms with E-state index in [-0.39, 0.29) is 0 Å². The molecule has 6 N–H and O–H groups in total. The minimum absolute atomic E-state index is 0.550. The van der Waals surface area contributed by atoms with Crippen molar-refractivity contribution in [2.24, 2.45) is 41.1 Å². The van der Waals surface area contributed by atoms with Crippen LogP contribution in [0.1, 0.15) is 70.6 Å². The molecule has 4 heteroatoms. The average molecular weight is 517 g/mol. The van der Waals surface area contributed by atoms with Crippen molar-refractivity contribution in [3.63, 3.8) is 0 Å². The highest BCUT2D eigenvalue weighted by Crippen LogP contribution is 2.47. The molecule has 1 saturated heterocycles. The van der Waals surface area contributed by atoms with Crippen LogP contribution in [0, 0.1) is 29.6 Å². The molecule has 4 nitrogen and oxygen atoms in total. The highest BCUT2D eigenvalue weighted by atomic mass is 15.0. The first-order valence-corrected chi connectivity index (χ1v) is 15.7. The van der Waals surface area contributed by atoms with Crippen molar-refractivity contribution in [2.45, 2.75) is 76.7 Å². The van der Waals surface area contributed by atoms with Gasteiger partial charge in [0.15, 0.2) is 0 Å². The van der Waals surface area contributed by atoms with Crippen molar-refractivity contribution in [1.29, 1.82) is 0 Å². The topological polar surface area (TPSA) is 76.1 Å². The fourth-order valence-electron chi connectivity index (χ4n) is 7.88. The van der Waals surface area contributed by atoms with Crippen LogP contribution in [0.25, 0.3) is 0 Å². The average Bonchev–Trinajstić information content (AvgIpc) is 3.67. The van der Waals surface area contributed by atoms with E-state index in [1.165, 1.54) is 57.8 Å². The minimum atomic E-state index is 0.550. The summed E-state index contributed by atoms with van der Waals surface area (Å²) in [4.78, 5) is 0. The van der Waals surface area contributed by atoms with Crippen LogP contribution < -0.4 is 22.1 Å². The highest BCUT2D eigenvalue weighted by molar-refractivity contribution is 5.41. The van der Waals surface area contributed by atoms with Crippen molar-refractivity contribution in [2.75, 3.05) is 32.7 Å². The maximum absolute atomic E-state index is 6.38. The van der Waals surface area contributed by atoms with Crippen LogP contribution in [0.5, 0.6) is 0 Å². The van der Waals surface area contributed by atoms with E-state index in [9.17, 15) is 0 Å². The second kappa shape index (κ2) is 14.1. The Morgan fingerprint density at radius 3 is 2.71 bits per heavy atom. The van der Waals surface area contributed by atoms with Gasteiger partial charge in [-0.2, -0.15) is 0 Å². The van der Waals surface area contributed by atoms with Gasteiger partial charge in [-0.15, -0.1) is 0 Å². The van der Waals surface area contributed by atoms with E-state index in [4.69, 9.17) is 11.5 Å². The standard InChI is InChI=1S/C34H52N4/c35-19-8-4-2-1-3-5-9-27(22-36)31-17-16-30(32-10-6-7-11-33(31)32)26-14-12-25(13-15-26)29-21-34(38-24-29)28-18-20-37-23-28/h3,5-7,10-12,18,26-27,29,31,33-34,37-38H,1-2,4,8-9,13-17,19-24,35-36H2/b5-3+. The van der Waals surface area contributed by atoms with E-state index in [0.29, 0.717) is 23.8 Å². The van der Waals surface area contributed by atoms with Crippen LogP contribution in [-0.2, 0) is 0 Å². The van der Waals surface area contributed by atoms with Crippen LogP contribution in [0.4, 0.5) is 0 Å². The fourth-order valence-corrected chi connectivity index (χ4v) is 7.88. The third-order valence-corrected chi connectivity index (χ3v) is 10.1.